The van der Waals surface area contributed by atoms with Crippen LogP contribution in [0.4, 0.5) is 0 Å². The van der Waals surface area contributed by atoms with Crippen molar-refractivity contribution in [3.8, 4) is 0 Å². The van der Waals surface area contributed by atoms with Gasteiger partial charge in [-0.25, -0.2) is 0 Å². The first-order valence-corrected chi connectivity index (χ1v) is 6.67. The van der Waals surface area contributed by atoms with Crippen molar-refractivity contribution in [2.24, 2.45) is 5.92 Å². The van der Waals surface area contributed by atoms with Gasteiger partial charge in [-0.2, -0.15) is 0 Å². The molecule has 1 fully saturated rings. The number of rotatable bonds is 3. The van der Waals surface area contributed by atoms with E-state index in [9.17, 15) is 9.59 Å². The molecule has 1 aromatic rings. The first-order chi connectivity index (χ1) is 8.97. The molecule has 1 aliphatic rings. The SMILES string of the molecule is O=C(O)[C@H]1CCN(C(=O)Cc2ccc(Cl)cc2Cl)C1. The Balaban J connectivity index is 2.00. The van der Waals surface area contributed by atoms with E-state index in [2.05, 4.69) is 0 Å². The number of halogens is 2. The molecule has 1 atom stereocenters. The zero-order chi connectivity index (χ0) is 14.0. The van der Waals surface area contributed by atoms with Crippen LogP contribution in [0.1, 0.15) is 12.0 Å². The molecule has 1 aromatic carbocycles. The van der Waals surface area contributed by atoms with Crippen LogP contribution in [0.5, 0.6) is 0 Å². The maximum absolute atomic E-state index is 12.1. The molecule has 0 spiro atoms. The average molecular weight is 302 g/mol. The Hall–Kier alpha value is -1.26. The molecule has 1 aliphatic heterocycles. The van der Waals surface area contributed by atoms with Crippen LogP contribution in [0.2, 0.25) is 10.0 Å². The predicted molar refractivity (Wildman–Crippen MR) is 72.5 cm³/mol. The van der Waals surface area contributed by atoms with Crippen molar-refractivity contribution in [1.29, 1.82) is 0 Å². The van der Waals surface area contributed by atoms with Crippen molar-refractivity contribution >= 4 is 35.1 Å². The molecule has 1 N–H and O–H groups in total. The van der Waals surface area contributed by atoms with Crippen LogP contribution in [0.3, 0.4) is 0 Å². The van der Waals surface area contributed by atoms with Gasteiger partial charge in [0.25, 0.3) is 0 Å². The zero-order valence-corrected chi connectivity index (χ0v) is 11.6. The molecule has 2 rings (SSSR count). The summed E-state index contributed by atoms with van der Waals surface area (Å²) in [5, 5.41) is 9.88. The standard InChI is InChI=1S/C13H13Cl2NO3/c14-10-2-1-8(11(15)6-10)5-12(17)16-4-3-9(7-16)13(18)19/h1-2,6,9H,3-5,7H2,(H,18,19)/t9-/m0/s1. The Bertz CT molecular complexity index is 519. The minimum absolute atomic E-state index is 0.104. The van der Waals surface area contributed by atoms with Gasteiger partial charge in [0.15, 0.2) is 0 Å². The molecule has 6 heteroatoms. The number of likely N-dealkylation sites (tertiary alicyclic amines) is 1. The van der Waals surface area contributed by atoms with E-state index in [1.54, 1.807) is 23.1 Å². The Morgan fingerprint density at radius 3 is 2.68 bits per heavy atom. The zero-order valence-electron chi connectivity index (χ0n) is 10.1. The Morgan fingerprint density at radius 2 is 2.11 bits per heavy atom. The van der Waals surface area contributed by atoms with E-state index >= 15 is 0 Å². The smallest absolute Gasteiger partial charge is 0.308 e. The van der Waals surface area contributed by atoms with E-state index in [1.807, 2.05) is 0 Å². The quantitative estimate of drug-likeness (QED) is 0.933. The summed E-state index contributed by atoms with van der Waals surface area (Å²) in [6, 6.07) is 4.99. The number of carbonyl (C=O) groups excluding carboxylic acids is 1. The van der Waals surface area contributed by atoms with E-state index in [4.69, 9.17) is 28.3 Å². The molecule has 0 aromatic heterocycles. The number of benzene rings is 1. The maximum Gasteiger partial charge on any atom is 0.308 e. The summed E-state index contributed by atoms with van der Waals surface area (Å²) in [4.78, 5) is 24.5. The fourth-order valence-electron chi connectivity index (χ4n) is 2.13. The number of carboxylic acids is 1. The highest BCUT2D eigenvalue weighted by molar-refractivity contribution is 6.35. The monoisotopic (exact) mass is 301 g/mol. The Morgan fingerprint density at radius 1 is 1.37 bits per heavy atom. The molecule has 102 valence electrons. The van der Waals surface area contributed by atoms with Gasteiger partial charge in [0.1, 0.15) is 0 Å². The van der Waals surface area contributed by atoms with E-state index in [0.29, 0.717) is 28.6 Å². The lowest BCUT2D eigenvalue weighted by molar-refractivity contribution is -0.141. The molecular weight excluding hydrogens is 289 g/mol. The highest BCUT2D eigenvalue weighted by Gasteiger charge is 2.30. The number of nitrogens with zero attached hydrogens (tertiary/aromatic N) is 1. The second kappa shape index (κ2) is 5.80. The normalized spacial score (nSPS) is 18.6. The lowest BCUT2D eigenvalue weighted by atomic mass is 10.1. The van der Waals surface area contributed by atoms with Crippen LogP contribution in [0, 0.1) is 5.92 Å². The van der Waals surface area contributed by atoms with Crippen molar-refractivity contribution in [1.82, 2.24) is 4.90 Å². The average Bonchev–Trinajstić information content (AvgIpc) is 2.82. The third kappa shape index (κ3) is 3.39. The number of aliphatic carboxylic acids is 1. The van der Waals surface area contributed by atoms with E-state index < -0.39 is 11.9 Å². The van der Waals surface area contributed by atoms with Gasteiger partial charge in [-0.3, -0.25) is 9.59 Å². The van der Waals surface area contributed by atoms with Gasteiger partial charge in [-0.1, -0.05) is 29.3 Å². The summed E-state index contributed by atoms with van der Waals surface area (Å²) >= 11 is 11.8. The first-order valence-electron chi connectivity index (χ1n) is 5.92. The highest BCUT2D eigenvalue weighted by Crippen LogP contribution is 2.23. The van der Waals surface area contributed by atoms with E-state index in [-0.39, 0.29) is 18.9 Å². The van der Waals surface area contributed by atoms with Crippen molar-refractivity contribution < 1.29 is 14.7 Å². The molecule has 0 aliphatic carbocycles. The molecule has 1 heterocycles. The topological polar surface area (TPSA) is 57.6 Å². The second-order valence-corrected chi connectivity index (χ2v) is 5.42. The van der Waals surface area contributed by atoms with Crippen molar-refractivity contribution in [2.75, 3.05) is 13.1 Å². The van der Waals surface area contributed by atoms with Crippen LogP contribution in [0.25, 0.3) is 0 Å². The Kier molecular flexibility index (Phi) is 4.32. The molecule has 4 nitrogen and oxygen atoms in total. The van der Waals surface area contributed by atoms with Gasteiger partial charge in [-0.05, 0) is 24.1 Å². The van der Waals surface area contributed by atoms with Gasteiger partial charge in [0, 0.05) is 23.1 Å². The summed E-state index contributed by atoms with van der Waals surface area (Å²) in [6.07, 6.45) is 0.678. The van der Waals surface area contributed by atoms with Gasteiger partial charge < -0.3 is 10.0 Å². The molecule has 1 saturated heterocycles. The third-order valence-corrected chi connectivity index (χ3v) is 3.83. The summed E-state index contributed by atoms with van der Waals surface area (Å²) < 4.78 is 0. The van der Waals surface area contributed by atoms with Gasteiger partial charge in [0.05, 0.1) is 12.3 Å². The van der Waals surface area contributed by atoms with Crippen LogP contribution in [-0.4, -0.2) is 35.0 Å². The van der Waals surface area contributed by atoms with Crippen LogP contribution in [-0.2, 0) is 16.0 Å². The number of carbonyl (C=O) groups is 2. The second-order valence-electron chi connectivity index (χ2n) is 4.58. The van der Waals surface area contributed by atoms with Gasteiger partial charge in [0.2, 0.25) is 5.91 Å². The fraction of sp³-hybridized carbons (Fsp3) is 0.385. The number of hydrogen-bond acceptors (Lipinski definition) is 2. The largest absolute Gasteiger partial charge is 0.481 e. The minimum atomic E-state index is -0.847. The van der Waals surface area contributed by atoms with Crippen LogP contribution in [0.15, 0.2) is 18.2 Å². The van der Waals surface area contributed by atoms with E-state index in [1.165, 1.54) is 0 Å². The lowest BCUT2D eigenvalue weighted by Crippen LogP contribution is -2.31. The van der Waals surface area contributed by atoms with E-state index in [0.717, 1.165) is 0 Å². The molecule has 19 heavy (non-hydrogen) atoms. The fourth-order valence-corrected chi connectivity index (χ4v) is 2.60. The number of amides is 1. The molecule has 1 amide bonds. The molecular formula is C13H13Cl2NO3. The molecule has 0 bridgehead atoms. The van der Waals surface area contributed by atoms with Crippen molar-refractivity contribution in [3.05, 3.63) is 33.8 Å². The molecule has 0 saturated carbocycles. The summed E-state index contributed by atoms with van der Waals surface area (Å²) in [5.41, 5.74) is 0.704. The minimum Gasteiger partial charge on any atom is -0.481 e. The maximum atomic E-state index is 12.1. The van der Waals surface area contributed by atoms with Gasteiger partial charge in [-0.15, -0.1) is 0 Å². The molecule has 0 unspecified atom stereocenters. The number of hydrogen-bond donors (Lipinski definition) is 1. The summed E-state index contributed by atoms with van der Waals surface area (Å²) in [5.74, 6) is -1.41. The van der Waals surface area contributed by atoms with Crippen LogP contribution < -0.4 is 0 Å². The van der Waals surface area contributed by atoms with Crippen LogP contribution >= 0.6 is 23.2 Å². The van der Waals surface area contributed by atoms with Crippen molar-refractivity contribution in [2.45, 2.75) is 12.8 Å². The number of carboxylic acid groups (broad SMARTS) is 1. The first kappa shape index (κ1) is 14.2. The highest BCUT2D eigenvalue weighted by atomic mass is 35.5. The third-order valence-electron chi connectivity index (χ3n) is 3.25. The summed E-state index contributed by atoms with van der Waals surface area (Å²) in [7, 11) is 0. The van der Waals surface area contributed by atoms with Crippen molar-refractivity contribution in [3.63, 3.8) is 0 Å². The predicted octanol–water partition coefficient (Wildman–Crippen LogP) is 2.47. The summed E-state index contributed by atoms with van der Waals surface area (Å²) in [6.45, 7) is 0.764. The lowest BCUT2D eigenvalue weighted by Gasteiger charge is -2.16. The Labute approximate surface area is 120 Å². The van der Waals surface area contributed by atoms with Gasteiger partial charge >= 0.3 is 5.97 Å². The molecule has 0 radical (unpaired) electrons.